The number of hydrogen-bond acceptors (Lipinski definition) is 3. The standard InChI is InChI=1S/C15H24N2O2S/c1-12-6-2-3-8-14(12)11-17-20(18,19)15-9-5-4-7-13(15)10-16/h4-5,7,9,12,14,17H,2-3,6,8,10-11,16H2,1H3. The van der Waals surface area contributed by atoms with Gasteiger partial charge in [-0.05, 0) is 29.9 Å². The second-order valence-electron chi connectivity index (χ2n) is 5.69. The van der Waals surface area contributed by atoms with Crippen molar-refractivity contribution in [3.05, 3.63) is 29.8 Å². The maximum Gasteiger partial charge on any atom is 0.240 e. The summed E-state index contributed by atoms with van der Waals surface area (Å²) in [4.78, 5) is 0.311. The minimum absolute atomic E-state index is 0.233. The number of sulfonamides is 1. The zero-order valence-corrected chi connectivity index (χ0v) is 12.8. The van der Waals surface area contributed by atoms with Crippen LogP contribution in [0.15, 0.2) is 29.2 Å². The summed E-state index contributed by atoms with van der Waals surface area (Å²) in [5.74, 6) is 1.04. The summed E-state index contributed by atoms with van der Waals surface area (Å²) in [6.45, 7) is 2.98. The van der Waals surface area contributed by atoms with Gasteiger partial charge in [0.05, 0.1) is 4.90 Å². The highest BCUT2D eigenvalue weighted by atomic mass is 32.2. The maximum absolute atomic E-state index is 12.4. The third-order valence-corrected chi connectivity index (χ3v) is 5.83. The summed E-state index contributed by atoms with van der Waals surface area (Å²) in [7, 11) is -3.46. The van der Waals surface area contributed by atoms with Crippen LogP contribution >= 0.6 is 0 Å². The molecule has 0 saturated heterocycles. The minimum atomic E-state index is -3.46. The lowest BCUT2D eigenvalue weighted by atomic mass is 9.81. The van der Waals surface area contributed by atoms with Crippen molar-refractivity contribution in [1.29, 1.82) is 0 Å². The Hall–Kier alpha value is -0.910. The average molecular weight is 296 g/mol. The summed E-state index contributed by atoms with van der Waals surface area (Å²) in [5, 5.41) is 0. The van der Waals surface area contributed by atoms with E-state index >= 15 is 0 Å². The van der Waals surface area contributed by atoms with E-state index in [-0.39, 0.29) is 6.54 Å². The topological polar surface area (TPSA) is 72.2 Å². The van der Waals surface area contributed by atoms with Crippen LogP contribution in [0.3, 0.4) is 0 Å². The normalized spacial score (nSPS) is 23.7. The molecule has 1 aliphatic carbocycles. The van der Waals surface area contributed by atoms with Gasteiger partial charge in [-0.25, -0.2) is 13.1 Å². The van der Waals surface area contributed by atoms with Crippen molar-refractivity contribution >= 4 is 10.0 Å². The highest BCUT2D eigenvalue weighted by molar-refractivity contribution is 7.89. The molecule has 0 aromatic heterocycles. The molecule has 1 aromatic rings. The Labute approximate surface area is 121 Å². The lowest BCUT2D eigenvalue weighted by Crippen LogP contribution is -2.34. The van der Waals surface area contributed by atoms with Crippen molar-refractivity contribution in [2.45, 2.75) is 44.0 Å². The van der Waals surface area contributed by atoms with Crippen LogP contribution < -0.4 is 10.5 Å². The van der Waals surface area contributed by atoms with Crippen molar-refractivity contribution in [1.82, 2.24) is 4.72 Å². The van der Waals surface area contributed by atoms with Gasteiger partial charge in [0, 0.05) is 13.1 Å². The molecule has 0 heterocycles. The Balaban J connectivity index is 2.07. The van der Waals surface area contributed by atoms with Crippen molar-refractivity contribution < 1.29 is 8.42 Å². The third kappa shape index (κ3) is 3.59. The molecular formula is C15H24N2O2S. The molecule has 1 aliphatic rings. The molecule has 20 heavy (non-hydrogen) atoms. The Kier molecular flexibility index (Phi) is 5.18. The van der Waals surface area contributed by atoms with Crippen LogP contribution in [-0.4, -0.2) is 15.0 Å². The molecule has 1 aromatic carbocycles. The predicted molar refractivity (Wildman–Crippen MR) is 80.6 cm³/mol. The fraction of sp³-hybridized carbons (Fsp3) is 0.600. The Bertz CT molecular complexity index is 543. The van der Waals surface area contributed by atoms with Gasteiger partial charge in [0.25, 0.3) is 0 Å². The summed E-state index contributed by atoms with van der Waals surface area (Å²) < 4.78 is 27.6. The first-order valence-corrected chi connectivity index (χ1v) is 8.80. The molecule has 1 saturated carbocycles. The molecule has 2 rings (SSSR count). The van der Waals surface area contributed by atoms with Crippen LogP contribution in [0.5, 0.6) is 0 Å². The molecule has 0 aliphatic heterocycles. The van der Waals surface area contributed by atoms with Gasteiger partial charge in [-0.1, -0.05) is 44.4 Å². The molecule has 0 amide bonds. The smallest absolute Gasteiger partial charge is 0.240 e. The van der Waals surface area contributed by atoms with Gasteiger partial charge in [0.2, 0.25) is 10.0 Å². The largest absolute Gasteiger partial charge is 0.326 e. The van der Waals surface area contributed by atoms with E-state index in [1.165, 1.54) is 19.3 Å². The number of rotatable bonds is 5. The Morgan fingerprint density at radius 3 is 2.65 bits per heavy atom. The molecule has 4 nitrogen and oxygen atoms in total. The molecule has 5 heteroatoms. The van der Waals surface area contributed by atoms with Crippen LogP contribution in [0, 0.1) is 11.8 Å². The molecule has 1 fully saturated rings. The summed E-state index contributed by atoms with van der Waals surface area (Å²) in [6.07, 6.45) is 4.78. The van der Waals surface area contributed by atoms with Gasteiger partial charge >= 0.3 is 0 Å². The first-order valence-electron chi connectivity index (χ1n) is 7.32. The summed E-state index contributed by atoms with van der Waals surface area (Å²) >= 11 is 0. The monoisotopic (exact) mass is 296 g/mol. The fourth-order valence-corrected chi connectivity index (χ4v) is 4.27. The van der Waals surface area contributed by atoms with Gasteiger partial charge in [-0.15, -0.1) is 0 Å². The lowest BCUT2D eigenvalue weighted by Gasteiger charge is -2.28. The number of benzene rings is 1. The lowest BCUT2D eigenvalue weighted by molar-refractivity contribution is 0.257. The molecule has 0 radical (unpaired) electrons. The zero-order valence-electron chi connectivity index (χ0n) is 12.0. The molecule has 112 valence electrons. The predicted octanol–water partition coefficient (Wildman–Crippen LogP) is 2.25. The summed E-state index contributed by atoms with van der Waals surface area (Å²) in [6, 6.07) is 6.92. The Morgan fingerprint density at radius 1 is 1.25 bits per heavy atom. The molecule has 2 atom stereocenters. The highest BCUT2D eigenvalue weighted by Crippen LogP contribution is 2.29. The van der Waals surface area contributed by atoms with Crippen molar-refractivity contribution in [2.24, 2.45) is 17.6 Å². The second kappa shape index (κ2) is 6.70. The van der Waals surface area contributed by atoms with E-state index in [2.05, 4.69) is 11.6 Å². The van der Waals surface area contributed by atoms with Crippen LogP contribution in [0.2, 0.25) is 0 Å². The fourth-order valence-electron chi connectivity index (χ4n) is 2.93. The molecular weight excluding hydrogens is 272 g/mol. The van der Waals surface area contributed by atoms with Crippen LogP contribution in [0.4, 0.5) is 0 Å². The van der Waals surface area contributed by atoms with Gasteiger partial charge in [-0.2, -0.15) is 0 Å². The quantitative estimate of drug-likeness (QED) is 0.875. The average Bonchev–Trinajstić information content (AvgIpc) is 2.46. The molecule has 3 N–H and O–H groups in total. The van der Waals surface area contributed by atoms with E-state index in [1.54, 1.807) is 18.2 Å². The third-order valence-electron chi connectivity index (χ3n) is 4.31. The van der Waals surface area contributed by atoms with E-state index in [9.17, 15) is 8.42 Å². The van der Waals surface area contributed by atoms with Crippen LogP contribution in [0.25, 0.3) is 0 Å². The van der Waals surface area contributed by atoms with Crippen molar-refractivity contribution in [3.63, 3.8) is 0 Å². The molecule has 2 unspecified atom stereocenters. The number of nitrogens with two attached hydrogens (primary N) is 1. The number of nitrogens with one attached hydrogen (secondary N) is 1. The van der Waals surface area contributed by atoms with E-state index < -0.39 is 10.0 Å². The maximum atomic E-state index is 12.4. The van der Waals surface area contributed by atoms with Gasteiger partial charge in [0.15, 0.2) is 0 Å². The minimum Gasteiger partial charge on any atom is -0.326 e. The van der Waals surface area contributed by atoms with Gasteiger partial charge < -0.3 is 5.73 Å². The first kappa shape index (κ1) is 15.5. The van der Waals surface area contributed by atoms with E-state index in [1.807, 2.05) is 6.07 Å². The van der Waals surface area contributed by atoms with E-state index in [4.69, 9.17) is 5.73 Å². The van der Waals surface area contributed by atoms with E-state index in [0.717, 1.165) is 6.42 Å². The van der Waals surface area contributed by atoms with Crippen molar-refractivity contribution in [2.75, 3.05) is 6.54 Å². The van der Waals surface area contributed by atoms with Crippen LogP contribution in [0.1, 0.15) is 38.2 Å². The molecule has 0 bridgehead atoms. The Morgan fingerprint density at radius 2 is 1.95 bits per heavy atom. The highest BCUT2D eigenvalue weighted by Gasteiger charge is 2.24. The second-order valence-corrected chi connectivity index (χ2v) is 7.42. The SMILES string of the molecule is CC1CCCCC1CNS(=O)(=O)c1ccccc1CN. The number of hydrogen-bond donors (Lipinski definition) is 2. The van der Waals surface area contributed by atoms with Gasteiger partial charge in [-0.3, -0.25) is 0 Å². The van der Waals surface area contributed by atoms with Gasteiger partial charge in [0.1, 0.15) is 0 Å². The van der Waals surface area contributed by atoms with Crippen molar-refractivity contribution in [3.8, 4) is 0 Å². The first-order chi connectivity index (χ1) is 9.54. The zero-order chi connectivity index (χ0) is 14.6. The van der Waals surface area contributed by atoms with Crippen LogP contribution in [-0.2, 0) is 16.6 Å². The van der Waals surface area contributed by atoms with E-state index in [0.29, 0.717) is 28.8 Å². The summed E-state index contributed by atoms with van der Waals surface area (Å²) in [5.41, 5.74) is 6.28. The molecule has 0 spiro atoms.